The maximum Gasteiger partial charge on any atom is 0.408 e. The summed E-state index contributed by atoms with van der Waals surface area (Å²) in [6, 6.07) is 3.97. The van der Waals surface area contributed by atoms with Gasteiger partial charge < -0.3 is 25.0 Å². The Bertz CT molecular complexity index is 1010. The van der Waals surface area contributed by atoms with Crippen LogP contribution in [0.4, 0.5) is 4.79 Å². The Hall–Kier alpha value is -2.75. The molecule has 0 heterocycles. The Balaban J connectivity index is 3.50. The van der Waals surface area contributed by atoms with E-state index in [0.29, 0.717) is 25.1 Å². The summed E-state index contributed by atoms with van der Waals surface area (Å²) < 4.78 is 10.5. The molecule has 0 spiro atoms. The number of amides is 3. The molecule has 0 fully saturated rings. The van der Waals surface area contributed by atoms with Crippen LogP contribution in [0, 0.1) is 13.8 Å². The van der Waals surface area contributed by atoms with E-state index in [9.17, 15) is 19.2 Å². The maximum atomic E-state index is 14.4. The van der Waals surface area contributed by atoms with Crippen molar-refractivity contribution < 1.29 is 28.7 Å². The number of benzene rings is 1. The van der Waals surface area contributed by atoms with E-state index >= 15 is 0 Å². The van der Waals surface area contributed by atoms with Gasteiger partial charge in [0.05, 0.1) is 13.0 Å². The molecule has 0 saturated heterocycles. The smallest absolute Gasteiger partial charge is 0.408 e. The molecule has 1 aromatic rings. The van der Waals surface area contributed by atoms with Gasteiger partial charge in [0.2, 0.25) is 11.8 Å². The van der Waals surface area contributed by atoms with E-state index in [0.717, 1.165) is 48.8 Å². The largest absolute Gasteiger partial charge is 0.466 e. The van der Waals surface area contributed by atoms with E-state index in [1.165, 1.54) is 0 Å². The first kappa shape index (κ1) is 38.3. The van der Waals surface area contributed by atoms with E-state index in [1.54, 1.807) is 44.4 Å². The number of carbonyl (C=O) groups is 4. The molecule has 0 radical (unpaired) electrons. The van der Waals surface area contributed by atoms with Gasteiger partial charge in [-0.25, -0.2) is 4.79 Å². The van der Waals surface area contributed by atoms with Crippen LogP contribution in [-0.2, 0) is 23.9 Å². The van der Waals surface area contributed by atoms with Crippen LogP contribution in [0.2, 0.25) is 0 Å². The van der Waals surface area contributed by atoms with Crippen LogP contribution in [0.25, 0.3) is 0 Å². The lowest BCUT2D eigenvalue weighted by Crippen LogP contribution is -2.53. The Morgan fingerprint density at radius 1 is 0.977 bits per heavy atom. The average Bonchev–Trinajstić information content (AvgIpc) is 2.92. The first-order chi connectivity index (χ1) is 20.4. The second kappa shape index (κ2) is 20.3. The summed E-state index contributed by atoms with van der Waals surface area (Å²) in [5.74, 6) is -0.467. The van der Waals surface area contributed by atoms with Crippen molar-refractivity contribution >= 4 is 35.6 Å². The highest BCUT2D eigenvalue weighted by Gasteiger charge is 2.37. The van der Waals surface area contributed by atoms with Crippen LogP contribution in [0.3, 0.4) is 0 Å². The van der Waals surface area contributed by atoms with Gasteiger partial charge >= 0.3 is 12.1 Å². The molecule has 0 aliphatic carbocycles. The summed E-state index contributed by atoms with van der Waals surface area (Å²) in [6.45, 7) is 13.8. The van der Waals surface area contributed by atoms with Gasteiger partial charge in [0, 0.05) is 13.1 Å². The summed E-state index contributed by atoms with van der Waals surface area (Å²) >= 11 is 1.58. The zero-order valence-electron chi connectivity index (χ0n) is 27.7. The SMILES string of the molecule is CCCCCCCCN(C(=O)C(CCSC)NC(=O)OC(C)(C)C)C(C(=O)NCCC(=O)OCC)c1c(C)cccc1C. The normalized spacial score (nSPS) is 12.7. The number of rotatable bonds is 19. The number of hydrogen-bond acceptors (Lipinski definition) is 7. The number of esters is 1. The van der Waals surface area contributed by atoms with Gasteiger partial charge in [-0.05, 0) is 83.1 Å². The monoisotopic (exact) mass is 621 g/mol. The number of nitrogens with one attached hydrogen (secondary N) is 2. The first-order valence-corrected chi connectivity index (χ1v) is 17.0. The minimum Gasteiger partial charge on any atom is -0.466 e. The maximum absolute atomic E-state index is 14.4. The molecule has 2 unspecified atom stereocenters. The summed E-state index contributed by atoms with van der Waals surface area (Å²) in [4.78, 5) is 54.8. The number of unbranched alkanes of at least 4 members (excludes halogenated alkanes) is 5. The number of carbonyl (C=O) groups excluding carboxylic acids is 4. The van der Waals surface area contributed by atoms with Gasteiger partial charge in [0.15, 0.2) is 0 Å². The van der Waals surface area contributed by atoms with Crippen LogP contribution in [0.15, 0.2) is 18.2 Å². The zero-order valence-corrected chi connectivity index (χ0v) is 28.5. The molecule has 1 aromatic carbocycles. The van der Waals surface area contributed by atoms with Gasteiger partial charge in [0.25, 0.3) is 0 Å². The molecule has 0 bridgehead atoms. The van der Waals surface area contributed by atoms with E-state index in [-0.39, 0.29) is 31.4 Å². The lowest BCUT2D eigenvalue weighted by Gasteiger charge is -2.36. The molecule has 0 aromatic heterocycles. The number of ether oxygens (including phenoxy) is 2. The van der Waals surface area contributed by atoms with E-state index in [4.69, 9.17) is 9.47 Å². The molecule has 2 atom stereocenters. The Kier molecular flexibility index (Phi) is 18.0. The highest BCUT2D eigenvalue weighted by Crippen LogP contribution is 2.29. The van der Waals surface area contributed by atoms with Crippen LogP contribution in [-0.4, -0.2) is 72.1 Å². The molecule has 0 saturated carbocycles. The second-order valence-electron chi connectivity index (χ2n) is 11.8. The Labute approximate surface area is 263 Å². The number of nitrogens with zero attached hydrogens (tertiary/aromatic N) is 1. The van der Waals surface area contributed by atoms with Crippen molar-refractivity contribution in [2.45, 2.75) is 118 Å². The molecule has 3 amide bonds. The molecule has 43 heavy (non-hydrogen) atoms. The van der Waals surface area contributed by atoms with Crippen LogP contribution in [0.1, 0.15) is 109 Å². The van der Waals surface area contributed by atoms with Crippen LogP contribution < -0.4 is 10.6 Å². The van der Waals surface area contributed by atoms with E-state index < -0.39 is 29.7 Å². The van der Waals surface area contributed by atoms with Crippen LogP contribution in [0.5, 0.6) is 0 Å². The highest BCUT2D eigenvalue weighted by molar-refractivity contribution is 7.98. The van der Waals surface area contributed by atoms with Gasteiger partial charge in [0.1, 0.15) is 17.7 Å². The minimum atomic E-state index is -0.941. The fraction of sp³-hybridized carbons (Fsp3) is 0.697. The summed E-state index contributed by atoms with van der Waals surface area (Å²) in [5.41, 5.74) is 1.78. The van der Waals surface area contributed by atoms with Crippen molar-refractivity contribution in [3.05, 3.63) is 34.9 Å². The molecule has 2 N–H and O–H groups in total. The van der Waals surface area contributed by atoms with Crippen molar-refractivity contribution in [2.75, 3.05) is 31.7 Å². The topological polar surface area (TPSA) is 114 Å². The average molecular weight is 622 g/mol. The lowest BCUT2D eigenvalue weighted by molar-refractivity contribution is -0.144. The Morgan fingerprint density at radius 3 is 2.19 bits per heavy atom. The van der Waals surface area contributed by atoms with Crippen molar-refractivity contribution in [3.8, 4) is 0 Å². The quantitative estimate of drug-likeness (QED) is 0.139. The minimum absolute atomic E-state index is 0.0287. The van der Waals surface area contributed by atoms with Crippen molar-refractivity contribution in [2.24, 2.45) is 0 Å². The standard InChI is InChI=1S/C33H55N3O6S/c1-9-11-12-13-14-15-22-36(31(39)26(20-23-43-8)35-32(40)42-33(5,6)7)29(28-24(3)17-16-18-25(28)4)30(38)34-21-19-27(37)41-10-2/h16-18,26,29H,9-15,19-23H2,1-8H3,(H,34,38)(H,35,40). The predicted molar refractivity (Wildman–Crippen MR) is 174 cm³/mol. The zero-order chi connectivity index (χ0) is 32.4. The van der Waals surface area contributed by atoms with Gasteiger partial charge in [-0.1, -0.05) is 57.2 Å². The first-order valence-electron chi connectivity index (χ1n) is 15.6. The molecular formula is C33H55N3O6S. The second-order valence-corrected chi connectivity index (χ2v) is 12.8. The molecular weight excluding hydrogens is 566 g/mol. The third kappa shape index (κ3) is 14.5. The predicted octanol–water partition coefficient (Wildman–Crippen LogP) is 6.25. The molecule has 1 rings (SSSR count). The number of aryl methyl sites for hydroxylation is 2. The lowest BCUT2D eigenvalue weighted by atomic mass is 9.93. The van der Waals surface area contributed by atoms with Crippen molar-refractivity contribution in [1.29, 1.82) is 0 Å². The van der Waals surface area contributed by atoms with Crippen LogP contribution >= 0.6 is 11.8 Å². The third-order valence-electron chi connectivity index (χ3n) is 6.94. The van der Waals surface area contributed by atoms with Crippen molar-refractivity contribution in [1.82, 2.24) is 15.5 Å². The van der Waals surface area contributed by atoms with Gasteiger partial charge in [-0.2, -0.15) is 11.8 Å². The fourth-order valence-corrected chi connectivity index (χ4v) is 5.35. The number of hydrogen-bond donors (Lipinski definition) is 2. The molecule has 244 valence electrons. The highest BCUT2D eigenvalue weighted by atomic mass is 32.2. The van der Waals surface area contributed by atoms with E-state index in [2.05, 4.69) is 17.6 Å². The number of alkyl carbamates (subject to hydrolysis) is 1. The number of thioether (sulfide) groups is 1. The van der Waals surface area contributed by atoms with Crippen molar-refractivity contribution in [3.63, 3.8) is 0 Å². The summed E-state index contributed by atoms with van der Waals surface area (Å²) in [5, 5.41) is 5.68. The molecule has 10 heteroatoms. The van der Waals surface area contributed by atoms with Gasteiger partial charge in [-0.3, -0.25) is 14.4 Å². The van der Waals surface area contributed by atoms with E-state index in [1.807, 2.05) is 38.3 Å². The molecule has 0 aliphatic rings. The third-order valence-corrected chi connectivity index (χ3v) is 7.59. The fourth-order valence-electron chi connectivity index (χ4n) is 4.88. The Morgan fingerprint density at radius 2 is 1.60 bits per heavy atom. The summed E-state index contributed by atoms with van der Waals surface area (Å²) in [6.07, 6.45) is 7.78. The molecule has 9 nitrogen and oxygen atoms in total. The summed E-state index contributed by atoms with van der Waals surface area (Å²) in [7, 11) is 0. The van der Waals surface area contributed by atoms with Gasteiger partial charge in [-0.15, -0.1) is 0 Å². The molecule has 0 aliphatic heterocycles.